The first-order chi connectivity index (χ1) is 27.6. The summed E-state index contributed by atoms with van der Waals surface area (Å²) in [5.41, 5.74) is 9.41. The van der Waals surface area contributed by atoms with Crippen LogP contribution in [0.1, 0.15) is 73.5 Å². The van der Waals surface area contributed by atoms with Gasteiger partial charge in [0.15, 0.2) is 0 Å². The van der Waals surface area contributed by atoms with Gasteiger partial charge in [0.25, 0.3) is 0 Å². The fraction of sp³-hybridized carbons (Fsp3) is 0.442. The van der Waals surface area contributed by atoms with Gasteiger partial charge in [0.1, 0.15) is 18.6 Å². The molecule has 2 amide bonds. The van der Waals surface area contributed by atoms with Gasteiger partial charge >= 0.3 is 6.03 Å². The predicted octanol–water partition coefficient (Wildman–Crippen LogP) is 6.94. The Balaban J connectivity index is 0.981. The summed E-state index contributed by atoms with van der Waals surface area (Å²) in [6.45, 7) is 20.4. The van der Waals surface area contributed by atoms with Crippen LogP contribution in [0.2, 0.25) is 0 Å². The third kappa shape index (κ3) is 9.80. The van der Waals surface area contributed by atoms with Crippen molar-refractivity contribution in [2.24, 2.45) is 0 Å². The number of carbonyl (C=O) groups is 2. The van der Waals surface area contributed by atoms with Gasteiger partial charge in [-0.3, -0.25) is 9.58 Å². The molecule has 14 heteroatoms. The Morgan fingerprint density at radius 1 is 1.14 bits per heavy atom. The molecule has 1 fully saturated rings. The number of nitrogens with one attached hydrogen (secondary N) is 3. The molecule has 1 atom stereocenters. The number of fused-ring (bicyclic) bond motifs is 1. The third-order valence-corrected chi connectivity index (χ3v) is 11.1. The molecular weight excluding hydrogens is 719 g/mol. The molecule has 3 aromatic heterocycles. The molecule has 1 saturated heterocycles. The zero-order valence-electron chi connectivity index (χ0n) is 34.2. The number of ether oxygens (including phenoxy) is 1. The number of allylic oxidation sites excluding steroid dienone is 2. The molecule has 0 aliphatic carbocycles. The van der Waals surface area contributed by atoms with Gasteiger partial charge in [-0.15, -0.1) is 0 Å². The zero-order chi connectivity index (χ0) is 40.5. The van der Waals surface area contributed by atoms with Crippen LogP contribution in [0.4, 0.5) is 33.5 Å². The van der Waals surface area contributed by atoms with Gasteiger partial charge in [-0.2, -0.15) is 5.10 Å². The van der Waals surface area contributed by atoms with Crippen LogP contribution in [0.15, 0.2) is 55.6 Å². The average molecular weight is 776 g/mol. The second-order valence-corrected chi connectivity index (χ2v) is 14.8. The van der Waals surface area contributed by atoms with E-state index in [1.807, 2.05) is 61.5 Å². The molecule has 2 aliphatic heterocycles. The summed E-state index contributed by atoms with van der Waals surface area (Å²) in [6.07, 6.45) is 15.7. The van der Waals surface area contributed by atoms with Crippen LogP contribution in [0.25, 0.3) is 11.6 Å². The van der Waals surface area contributed by atoms with E-state index in [0.717, 1.165) is 109 Å². The molecule has 4 aromatic rings. The SMILES string of the molecule is C=C(/C=C\c1cnc(Nc2cnn(C(C)CCN(CC)C3CCN(c4ccc(N(CCC=O)C(=O)NC)c(C)c4)CC3)c2)nc1C)c1cnc2c(c1C)NCCO2. The van der Waals surface area contributed by atoms with Crippen molar-refractivity contribution in [2.75, 3.05) is 73.4 Å². The predicted molar refractivity (Wildman–Crippen MR) is 229 cm³/mol. The van der Waals surface area contributed by atoms with Crippen molar-refractivity contribution in [3.63, 3.8) is 0 Å². The molecule has 2 aliphatic rings. The molecule has 5 heterocycles. The maximum Gasteiger partial charge on any atom is 0.321 e. The minimum atomic E-state index is -0.212. The number of hydrogen-bond acceptors (Lipinski definition) is 11. The molecule has 302 valence electrons. The first kappa shape index (κ1) is 40.9. The molecule has 14 nitrogen and oxygen atoms in total. The van der Waals surface area contributed by atoms with Crippen LogP contribution in [0.3, 0.4) is 0 Å². The maximum atomic E-state index is 12.5. The molecule has 57 heavy (non-hydrogen) atoms. The summed E-state index contributed by atoms with van der Waals surface area (Å²) < 4.78 is 7.68. The number of carbonyl (C=O) groups excluding carboxylic acids is 2. The van der Waals surface area contributed by atoms with E-state index in [4.69, 9.17) is 9.72 Å². The van der Waals surface area contributed by atoms with Crippen LogP contribution in [0, 0.1) is 20.8 Å². The highest BCUT2D eigenvalue weighted by molar-refractivity contribution is 5.93. The Labute approximate surface area is 336 Å². The monoisotopic (exact) mass is 775 g/mol. The smallest absolute Gasteiger partial charge is 0.321 e. The van der Waals surface area contributed by atoms with Gasteiger partial charge in [-0.25, -0.2) is 19.7 Å². The highest BCUT2D eigenvalue weighted by atomic mass is 16.5. The third-order valence-electron chi connectivity index (χ3n) is 11.1. The van der Waals surface area contributed by atoms with Gasteiger partial charge in [0.05, 0.1) is 23.6 Å². The first-order valence-corrected chi connectivity index (χ1v) is 20.0. The minimum absolute atomic E-state index is 0.212. The van der Waals surface area contributed by atoms with Gasteiger partial charge in [-0.1, -0.05) is 25.7 Å². The van der Waals surface area contributed by atoms with Gasteiger partial charge in [0, 0.05) is 93.3 Å². The fourth-order valence-corrected chi connectivity index (χ4v) is 7.66. The lowest BCUT2D eigenvalue weighted by molar-refractivity contribution is -0.107. The molecule has 0 radical (unpaired) electrons. The summed E-state index contributed by atoms with van der Waals surface area (Å²) in [5.74, 6) is 1.16. The van der Waals surface area contributed by atoms with Crippen molar-refractivity contribution in [1.29, 1.82) is 0 Å². The van der Waals surface area contributed by atoms with Crippen molar-refractivity contribution < 1.29 is 14.3 Å². The van der Waals surface area contributed by atoms with E-state index in [-0.39, 0.29) is 12.1 Å². The number of urea groups is 1. The van der Waals surface area contributed by atoms with Gasteiger partial charge in [-0.05, 0) is 88.4 Å². The van der Waals surface area contributed by atoms with Crippen molar-refractivity contribution in [2.45, 2.75) is 72.4 Å². The van der Waals surface area contributed by atoms with E-state index >= 15 is 0 Å². The summed E-state index contributed by atoms with van der Waals surface area (Å²) in [7, 11) is 1.61. The molecule has 1 aromatic carbocycles. The van der Waals surface area contributed by atoms with Crippen LogP contribution in [0.5, 0.6) is 5.88 Å². The van der Waals surface area contributed by atoms with E-state index in [0.29, 0.717) is 37.4 Å². The van der Waals surface area contributed by atoms with E-state index in [1.165, 1.54) is 5.69 Å². The molecule has 6 rings (SSSR count). The Hall–Kier alpha value is -5.76. The van der Waals surface area contributed by atoms with E-state index < -0.39 is 0 Å². The Morgan fingerprint density at radius 2 is 1.95 bits per heavy atom. The van der Waals surface area contributed by atoms with Crippen LogP contribution in [-0.2, 0) is 4.79 Å². The van der Waals surface area contributed by atoms with Crippen molar-refractivity contribution in [3.8, 4) is 5.88 Å². The molecule has 3 N–H and O–H groups in total. The number of nitrogens with zero attached hydrogens (tertiary/aromatic N) is 8. The standard InChI is InChI=1S/C43H57N11O3/c1-8-51(36-15-20-52(21-16-36)37-12-13-39(30(3)24-37)53(18-9-22-55)43(56)44-7)19-14-31(4)54-28-35(26-48-54)50-42-47-25-34(33(6)49-42)11-10-29(2)38-27-46-41-40(32(38)5)45-17-23-57-41/h10-13,22,24-28,31,36,45H,2,8-9,14-21,23H2,1,3-7H3,(H,44,56)(H,47,49,50)/b11-10-. The number of piperidine rings is 1. The molecule has 0 spiro atoms. The number of hydrogen-bond donors (Lipinski definition) is 3. The lowest BCUT2D eigenvalue weighted by Crippen LogP contribution is -2.45. The largest absolute Gasteiger partial charge is 0.474 e. The zero-order valence-corrected chi connectivity index (χ0v) is 34.2. The molecular formula is C43H57N11O3. The van der Waals surface area contributed by atoms with E-state index in [2.05, 4.69) is 80.3 Å². The highest BCUT2D eigenvalue weighted by Crippen LogP contribution is 2.34. The number of aldehydes is 1. The number of benzene rings is 1. The second-order valence-electron chi connectivity index (χ2n) is 14.8. The number of rotatable bonds is 16. The average Bonchev–Trinajstić information content (AvgIpc) is 3.70. The second kappa shape index (κ2) is 18.9. The molecule has 0 saturated carbocycles. The molecule has 0 bridgehead atoms. The first-order valence-electron chi connectivity index (χ1n) is 20.0. The number of anilines is 5. The quantitative estimate of drug-likeness (QED) is 0.0804. The van der Waals surface area contributed by atoms with Crippen molar-refractivity contribution in [3.05, 3.63) is 83.6 Å². The van der Waals surface area contributed by atoms with E-state index in [9.17, 15) is 9.59 Å². The lowest BCUT2D eigenvalue weighted by atomic mass is 10.0. The van der Waals surface area contributed by atoms with Crippen molar-refractivity contribution in [1.82, 2.24) is 34.9 Å². The van der Waals surface area contributed by atoms with E-state index in [1.54, 1.807) is 11.9 Å². The highest BCUT2D eigenvalue weighted by Gasteiger charge is 2.26. The van der Waals surface area contributed by atoms with Crippen LogP contribution in [-0.4, -0.2) is 101 Å². The van der Waals surface area contributed by atoms with Crippen LogP contribution >= 0.6 is 0 Å². The normalized spacial score (nSPS) is 14.8. The Kier molecular flexibility index (Phi) is 13.6. The van der Waals surface area contributed by atoms with Gasteiger partial charge in [0.2, 0.25) is 11.8 Å². The Bertz CT molecular complexity index is 2070. The van der Waals surface area contributed by atoms with Gasteiger partial charge < -0.3 is 35.3 Å². The fourth-order valence-electron chi connectivity index (χ4n) is 7.66. The number of aromatic nitrogens is 5. The number of pyridine rings is 1. The molecule has 1 unspecified atom stereocenters. The van der Waals surface area contributed by atoms with Crippen LogP contribution < -0.4 is 30.5 Å². The Morgan fingerprint density at radius 3 is 2.67 bits per heavy atom. The summed E-state index contributed by atoms with van der Waals surface area (Å²) >= 11 is 0. The minimum Gasteiger partial charge on any atom is -0.474 e. The number of aryl methyl sites for hydroxylation is 2. The van der Waals surface area contributed by atoms with Crippen molar-refractivity contribution >= 4 is 52.7 Å². The summed E-state index contributed by atoms with van der Waals surface area (Å²) in [5, 5.41) is 14.1. The maximum absolute atomic E-state index is 12.5. The number of amides is 2. The summed E-state index contributed by atoms with van der Waals surface area (Å²) in [4.78, 5) is 44.0. The lowest BCUT2D eigenvalue weighted by Gasteiger charge is -2.39. The topological polar surface area (TPSA) is 146 Å². The summed E-state index contributed by atoms with van der Waals surface area (Å²) in [6, 6.07) is 6.78.